The minimum atomic E-state index is -0.885. The van der Waals surface area contributed by atoms with Gasteiger partial charge < -0.3 is 14.6 Å². The smallest absolute Gasteiger partial charge is 0.301 e. The zero-order valence-electron chi connectivity index (χ0n) is 20.2. The van der Waals surface area contributed by atoms with Crippen molar-refractivity contribution in [1.82, 2.24) is 4.98 Å². The molecule has 5 rings (SSSR count). The van der Waals surface area contributed by atoms with Gasteiger partial charge in [-0.2, -0.15) is 0 Å². The molecule has 36 heavy (non-hydrogen) atoms. The Morgan fingerprint density at radius 1 is 0.972 bits per heavy atom. The van der Waals surface area contributed by atoms with Crippen molar-refractivity contribution in [3.05, 3.63) is 88.5 Å². The molecule has 1 saturated heterocycles. The molecule has 0 aliphatic carbocycles. The molecule has 1 aliphatic heterocycles. The number of anilines is 1. The van der Waals surface area contributed by atoms with Crippen molar-refractivity contribution in [2.24, 2.45) is 0 Å². The molecule has 0 saturated carbocycles. The number of carbonyl (C=O) groups is 2. The van der Waals surface area contributed by atoms with Crippen LogP contribution in [-0.4, -0.2) is 36.0 Å². The summed E-state index contributed by atoms with van der Waals surface area (Å²) in [5.74, 6) is -0.608. The summed E-state index contributed by atoms with van der Waals surface area (Å²) < 4.78 is 11.5. The number of benzene rings is 3. The summed E-state index contributed by atoms with van der Waals surface area (Å²) in [4.78, 5) is 33.0. The first-order chi connectivity index (χ1) is 17.3. The fourth-order valence-corrected chi connectivity index (χ4v) is 5.69. The number of thiazole rings is 1. The van der Waals surface area contributed by atoms with Crippen LogP contribution in [0.5, 0.6) is 11.5 Å². The van der Waals surface area contributed by atoms with Crippen LogP contribution >= 0.6 is 11.3 Å². The van der Waals surface area contributed by atoms with Crippen molar-refractivity contribution in [3.8, 4) is 11.5 Å². The van der Waals surface area contributed by atoms with Gasteiger partial charge in [-0.15, -0.1) is 0 Å². The Labute approximate surface area is 212 Å². The van der Waals surface area contributed by atoms with Gasteiger partial charge in [0.25, 0.3) is 5.78 Å². The maximum absolute atomic E-state index is 13.5. The molecule has 7 nitrogen and oxygen atoms in total. The van der Waals surface area contributed by atoms with Crippen LogP contribution in [0.15, 0.2) is 66.2 Å². The number of aliphatic hydroxyl groups is 1. The van der Waals surface area contributed by atoms with Crippen molar-refractivity contribution in [1.29, 1.82) is 0 Å². The van der Waals surface area contributed by atoms with E-state index < -0.39 is 17.7 Å². The number of Topliss-reactive ketones (excluding diaryl/α,β-unsaturated/α-hetero) is 1. The molecule has 1 aliphatic rings. The minimum Gasteiger partial charge on any atom is -0.507 e. The Balaban J connectivity index is 1.73. The molecular formula is C28H24N2O5S. The highest BCUT2D eigenvalue weighted by atomic mass is 32.1. The molecule has 2 heterocycles. The van der Waals surface area contributed by atoms with Crippen molar-refractivity contribution < 1.29 is 24.2 Å². The van der Waals surface area contributed by atoms with E-state index >= 15 is 0 Å². The number of nitrogens with zero attached hydrogens (tertiary/aromatic N) is 2. The number of fused-ring (bicyclic) bond motifs is 1. The van der Waals surface area contributed by atoms with Crippen LogP contribution < -0.4 is 14.4 Å². The monoisotopic (exact) mass is 500 g/mol. The van der Waals surface area contributed by atoms with E-state index in [1.807, 2.05) is 26.0 Å². The number of aliphatic hydroxyl groups excluding tert-OH is 1. The SMILES string of the molecule is COc1ccc(/C(O)=C2\C(=O)C(=O)N(c3nc4c(C)cc(C)cc4s3)[C@H]2c2cccc(OC)c2)cc1. The lowest BCUT2D eigenvalue weighted by molar-refractivity contribution is -0.132. The van der Waals surface area contributed by atoms with Crippen molar-refractivity contribution >= 4 is 44.1 Å². The van der Waals surface area contributed by atoms with Crippen LogP contribution in [0.25, 0.3) is 16.0 Å². The Hall–Kier alpha value is -4.17. The second kappa shape index (κ2) is 9.13. The highest BCUT2D eigenvalue weighted by Gasteiger charge is 2.48. The highest BCUT2D eigenvalue weighted by molar-refractivity contribution is 7.22. The van der Waals surface area contributed by atoms with Gasteiger partial charge >= 0.3 is 5.91 Å². The molecule has 0 bridgehead atoms. The number of aromatic nitrogens is 1. The second-order valence-electron chi connectivity index (χ2n) is 8.60. The number of hydrogen-bond donors (Lipinski definition) is 1. The molecule has 1 amide bonds. The molecule has 0 radical (unpaired) electrons. The Bertz CT molecular complexity index is 1540. The van der Waals surface area contributed by atoms with Crippen molar-refractivity contribution in [2.75, 3.05) is 19.1 Å². The summed E-state index contributed by atoms with van der Waals surface area (Å²) in [5.41, 5.74) is 3.86. The molecular weight excluding hydrogens is 476 g/mol. The van der Waals surface area contributed by atoms with Gasteiger partial charge in [-0.1, -0.05) is 29.5 Å². The van der Waals surface area contributed by atoms with E-state index in [9.17, 15) is 14.7 Å². The lowest BCUT2D eigenvalue weighted by Gasteiger charge is -2.23. The fourth-order valence-electron chi connectivity index (χ4n) is 4.52. The maximum Gasteiger partial charge on any atom is 0.301 e. The van der Waals surface area contributed by atoms with Crippen LogP contribution in [0.3, 0.4) is 0 Å². The first-order valence-corrected chi connectivity index (χ1v) is 12.1. The summed E-state index contributed by atoms with van der Waals surface area (Å²) in [6.45, 7) is 3.97. The summed E-state index contributed by atoms with van der Waals surface area (Å²) in [6, 6.07) is 16.9. The number of methoxy groups -OCH3 is 2. The quantitative estimate of drug-likeness (QED) is 0.219. The van der Waals surface area contributed by atoms with E-state index in [0.717, 1.165) is 21.3 Å². The number of carbonyl (C=O) groups excluding carboxylic acids is 2. The molecule has 0 spiro atoms. The summed E-state index contributed by atoms with van der Waals surface area (Å²) in [7, 11) is 3.09. The molecule has 182 valence electrons. The molecule has 0 unspecified atom stereocenters. The van der Waals surface area contributed by atoms with Crippen LogP contribution in [0.1, 0.15) is 28.3 Å². The first kappa shape index (κ1) is 23.6. The van der Waals surface area contributed by atoms with Gasteiger partial charge in [0.15, 0.2) is 5.13 Å². The van der Waals surface area contributed by atoms with Crippen LogP contribution in [0.4, 0.5) is 5.13 Å². The van der Waals surface area contributed by atoms with Gasteiger partial charge in [-0.3, -0.25) is 14.5 Å². The number of rotatable bonds is 5. The summed E-state index contributed by atoms with van der Waals surface area (Å²) in [5, 5.41) is 11.7. The van der Waals surface area contributed by atoms with E-state index in [-0.39, 0.29) is 11.3 Å². The zero-order chi connectivity index (χ0) is 25.6. The maximum atomic E-state index is 13.5. The lowest BCUT2D eigenvalue weighted by Crippen LogP contribution is -2.29. The standard InChI is InChI=1S/C28H24N2O5S/c1-15-12-16(2)23-21(13-15)36-28(29-23)30-24(18-6-5-7-20(14-18)35-4)22(26(32)27(30)33)25(31)17-8-10-19(34-3)11-9-17/h5-14,24,31H,1-4H3/b25-22+/t24-/m0/s1. The third-order valence-electron chi connectivity index (χ3n) is 6.24. The highest BCUT2D eigenvalue weighted by Crippen LogP contribution is 2.45. The van der Waals surface area contributed by atoms with Crippen LogP contribution in [0, 0.1) is 13.8 Å². The number of amides is 1. The molecule has 4 aromatic rings. The van der Waals surface area contributed by atoms with Crippen LogP contribution in [-0.2, 0) is 9.59 Å². The van der Waals surface area contributed by atoms with Gasteiger partial charge in [0, 0.05) is 5.56 Å². The topological polar surface area (TPSA) is 89.0 Å². The number of hydrogen-bond acceptors (Lipinski definition) is 7. The van der Waals surface area contributed by atoms with E-state index in [4.69, 9.17) is 14.5 Å². The lowest BCUT2D eigenvalue weighted by atomic mass is 9.95. The van der Waals surface area contributed by atoms with E-state index in [0.29, 0.717) is 27.8 Å². The van der Waals surface area contributed by atoms with Gasteiger partial charge in [-0.25, -0.2) is 4.98 Å². The van der Waals surface area contributed by atoms with E-state index in [1.54, 1.807) is 62.8 Å². The second-order valence-corrected chi connectivity index (χ2v) is 9.61. The molecule has 1 aromatic heterocycles. The fraction of sp³-hybridized carbons (Fsp3) is 0.179. The molecule has 8 heteroatoms. The Morgan fingerprint density at radius 3 is 2.39 bits per heavy atom. The van der Waals surface area contributed by atoms with Crippen molar-refractivity contribution in [2.45, 2.75) is 19.9 Å². The number of ether oxygens (including phenoxy) is 2. The minimum absolute atomic E-state index is 0.00872. The Morgan fingerprint density at radius 2 is 1.69 bits per heavy atom. The van der Waals surface area contributed by atoms with Gasteiger partial charge in [0.05, 0.1) is 36.1 Å². The number of ketones is 1. The average molecular weight is 501 g/mol. The van der Waals surface area contributed by atoms with Crippen LogP contribution in [0.2, 0.25) is 0 Å². The third kappa shape index (κ3) is 3.89. The van der Waals surface area contributed by atoms with Crippen molar-refractivity contribution in [3.63, 3.8) is 0 Å². The summed E-state index contributed by atoms with van der Waals surface area (Å²) >= 11 is 1.34. The molecule has 1 fully saturated rings. The normalized spacial score (nSPS) is 17.1. The average Bonchev–Trinajstić information content (AvgIpc) is 3.42. The number of aryl methyl sites for hydroxylation is 2. The molecule has 1 atom stereocenters. The van der Waals surface area contributed by atoms with E-state index in [2.05, 4.69) is 0 Å². The zero-order valence-corrected chi connectivity index (χ0v) is 21.1. The third-order valence-corrected chi connectivity index (χ3v) is 7.24. The molecule has 3 aromatic carbocycles. The predicted molar refractivity (Wildman–Crippen MR) is 140 cm³/mol. The summed E-state index contributed by atoms with van der Waals surface area (Å²) in [6.07, 6.45) is 0. The molecule has 1 N–H and O–H groups in total. The largest absolute Gasteiger partial charge is 0.507 e. The predicted octanol–water partition coefficient (Wildman–Crippen LogP) is 5.56. The van der Waals surface area contributed by atoms with Gasteiger partial charge in [0.1, 0.15) is 17.3 Å². The van der Waals surface area contributed by atoms with E-state index in [1.165, 1.54) is 16.2 Å². The Kier molecular flexibility index (Phi) is 5.97. The first-order valence-electron chi connectivity index (χ1n) is 11.3. The van der Waals surface area contributed by atoms with Gasteiger partial charge in [-0.05, 0) is 73.0 Å². The van der Waals surface area contributed by atoms with Gasteiger partial charge in [0.2, 0.25) is 0 Å².